The van der Waals surface area contributed by atoms with Gasteiger partial charge in [-0.15, -0.1) is 0 Å². The molecule has 0 aromatic carbocycles. The smallest absolute Gasteiger partial charge is 0.149 e. The van der Waals surface area contributed by atoms with E-state index in [0.29, 0.717) is 29.1 Å². The van der Waals surface area contributed by atoms with Crippen LogP contribution in [-0.2, 0) is 4.79 Å². The van der Waals surface area contributed by atoms with Gasteiger partial charge in [0.05, 0.1) is 6.54 Å². The van der Waals surface area contributed by atoms with Gasteiger partial charge in [0.25, 0.3) is 0 Å². The molecule has 1 spiro atoms. The molecule has 3 fully saturated rings. The molecule has 0 heterocycles. The van der Waals surface area contributed by atoms with Crippen LogP contribution in [0.5, 0.6) is 0 Å². The molecule has 3 unspecified atom stereocenters. The number of carbonyl (C=O) groups excluding carboxylic acids is 1. The molecule has 0 aromatic rings. The van der Waals surface area contributed by atoms with Crippen molar-refractivity contribution in [3.63, 3.8) is 0 Å². The fourth-order valence-corrected chi connectivity index (χ4v) is 5.48. The van der Waals surface area contributed by atoms with E-state index < -0.39 is 0 Å². The zero-order valence-corrected chi connectivity index (χ0v) is 21.9. The molecular formula is C27H55NO. The van der Waals surface area contributed by atoms with Crippen molar-refractivity contribution < 1.29 is 4.79 Å². The van der Waals surface area contributed by atoms with E-state index >= 15 is 0 Å². The summed E-state index contributed by atoms with van der Waals surface area (Å²) in [5.74, 6) is 2.74. The van der Waals surface area contributed by atoms with Crippen LogP contribution in [-0.4, -0.2) is 31.3 Å². The fraction of sp³-hybridized carbons (Fsp3) is 0.963. The molecule has 0 aromatic heterocycles. The summed E-state index contributed by atoms with van der Waals surface area (Å²) in [5.41, 5.74) is 1.30. The highest BCUT2D eigenvalue weighted by Crippen LogP contribution is 2.57. The third-order valence-electron chi connectivity index (χ3n) is 7.17. The summed E-state index contributed by atoms with van der Waals surface area (Å²) in [5, 5.41) is 0. The van der Waals surface area contributed by atoms with Gasteiger partial charge < -0.3 is 4.90 Å². The Bertz CT molecular complexity index is 438. The normalized spacial score (nSPS) is 34.9. The van der Waals surface area contributed by atoms with Crippen molar-refractivity contribution in [1.29, 1.82) is 0 Å². The van der Waals surface area contributed by atoms with Crippen molar-refractivity contribution in [2.24, 2.45) is 28.6 Å². The number of hydrogen-bond donors (Lipinski definition) is 0. The third kappa shape index (κ3) is 9.99. The Morgan fingerprint density at radius 1 is 0.897 bits per heavy atom. The van der Waals surface area contributed by atoms with Crippen molar-refractivity contribution in [2.45, 2.75) is 120 Å². The molecule has 0 N–H and O–H groups in total. The Morgan fingerprint density at radius 3 is 1.69 bits per heavy atom. The summed E-state index contributed by atoms with van der Waals surface area (Å²) in [6, 6.07) is 0. The summed E-state index contributed by atoms with van der Waals surface area (Å²) in [6.45, 7) is 18.4. The zero-order chi connectivity index (χ0) is 22.7. The van der Waals surface area contributed by atoms with Crippen LogP contribution in [0.15, 0.2) is 0 Å². The predicted molar refractivity (Wildman–Crippen MR) is 130 cm³/mol. The highest BCUT2D eigenvalue weighted by Gasteiger charge is 2.49. The lowest BCUT2D eigenvalue weighted by molar-refractivity contribution is -0.130. The number of hydrogen-bond acceptors (Lipinski definition) is 2. The minimum absolute atomic E-state index is 0.387. The molecular weight excluding hydrogens is 354 g/mol. The highest BCUT2D eigenvalue weighted by atomic mass is 16.1. The SMILES string of the molecule is CC.CC1CCC2(C1)CC(C(=O)CN(C)C)C2.CCC.CCC1(C)CCC(C)C1. The molecule has 3 rings (SSSR count). The number of nitrogens with zero attached hydrogens (tertiary/aromatic N) is 1. The number of likely N-dealkylation sites (N-methyl/N-ethyl adjacent to an activating group) is 1. The Labute approximate surface area is 184 Å². The van der Waals surface area contributed by atoms with Crippen molar-refractivity contribution in [3.8, 4) is 0 Å². The molecule has 3 saturated carbocycles. The molecule has 2 nitrogen and oxygen atoms in total. The maximum Gasteiger partial charge on any atom is 0.149 e. The van der Waals surface area contributed by atoms with Crippen LogP contribution in [0.25, 0.3) is 0 Å². The van der Waals surface area contributed by atoms with E-state index in [0.717, 1.165) is 11.8 Å². The summed E-state index contributed by atoms with van der Waals surface area (Å²) >= 11 is 0. The van der Waals surface area contributed by atoms with E-state index in [1.807, 2.05) is 32.8 Å². The lowest BCUT2D eigenvalue weighted by Gasteiger charge is -2.45. The van der Waals surface area contributed by atoms with Crippen LogP contribution in [0.2, 0.25) is 0 Å². The summed E-state index contributed by atoms with van der Waals surface area (Å²) in [7, 11) is 3.95. The fourth-order valence-electron chi connectivity index (χ4n) is 5.48. The number of rotatable bonds is 4. The summed E-state index contributed by atoms with van der Waals surface area (Å²) < 4.78 is 0. The van der Waals surface area contributed by atoms with Crippen LogP contribution in [0.1, 0.15) is 120 Å². The second-order valence-corrected chi connectivity index (χ2v) is 10.9. The van der Waals surface area contributed by atoms with Crippen LogP contribution >= 0.6 is 0 Å². The van der Waals surface area contributed by atoms with Gasteiger partial charge in [-0.05, 0) is 75.3 Å². The Kier molecular flexibility index (Phi) is 13.7. The van der Waals surface area contributed by atoms with Crippen LogP contribution in [0.4, 0.5) is 0 Å². The quantitative estimate of drug-likeness (QED) is 0.468. The van der Waals surface area contributed by atoms with E-state index in [1.54, 1.807) is 0 Å². The number of ketones is 1. The zero-order valence-electron chi connectivity index (χ0n) is 21.9. The minimum Gasteiger partial charge on any atom is -0.302 e. The Morgan fingerprint density at radius 2 is 1.38 bits per heavy atom. The molecule has 0 saturated heterocycles. The van der Waals surface area contributed by atoms with E-state index in [9.17, 15) is 4.79 Å². The average molecular weight is 410 g/mol. The van der Waals surface area contributed by atoms with Crippen LogP contribution in [0.3, 0.4) is 0 Å². The van der Waals surface area contributed by atoms with Crippen LogP contribution in [0, 0.1) is 28.6 Å². The van der Waals surface area contributed by atoms with Gasteiger partial charge in [0.2, 0.25) is 0 Å². The first-order valence-corrected chi connectivity index (χ1v) is 12.8. The van der Waals surface area contributed by atoms with E-state index in [2.05, 4.69) is 41.5 Å². The first-order valence-electron chi connectivity index (χ1n) is 12.8. The largest absolute Gasteiger partial charge is 0.302 e. The van der Waals surface area contributed by atoms with Gasteiger partial charge >= 0.3 is 0 Å². The summed E-state index contributed by atoms with van der Waals surface area (Å²) in [6.07, 6.45) is 13.5. The minimum atomic E-state index is 0.387. The van der Waals surface area contributed by atoms with E-state index in [1.165, 1.54) is 64.2 Å². The highest BCUT2D eigenvalue weighted by molar-refractivity contribution is 5.84. The standard InChI is InChI=1S/C13H23NO.C9H18.C3H8.C2H6/c1-10-4-5-13(6-10)7-11(8-13)12(15)9-14(2)3;1-4-9(3)6-5-8(2)7-9;1-3-2;1-2/h10-11H,4-9H2,1-3H3;8H,4-7H2,1-3H3;3H2,1-2H3;1-2H3. The molecule has 0 radical (unpaired) electrons. The average Bonchev–Trinajstić information content (AvgIpc) is 3.19. The predicted octanol–water partition coefficient (Wildman–Crippen LogP) is 8.00. The Hall–Kier alpha value is -0.370. The van der Waals surface area contributed by atoms with Crippen molar-refractivity contribution in [3.05, 3.63) is 0 Å². The van der Waals surface area contributed by atoms with E-state index in [-0.39, 0.29) is 0 Å². The van der Waals surface area contributed by atoms with Gasteiger partial charge in [-0.3, -0.25) is 4.79 Å². The summed E-state index contributed by atoms with van der Waals surface area (Å²) in [4.78, 5) is 13.8. The van der Waals surface area contributed by atoms with Gasteiger partial charge in [0.15, 0.2) is 0 Å². The second-order valence-electron chi connectivity index (χ2n) is 10.9. The topological polar surface area (TPSA) is 20.3 Å². The lowest BCUT2D eigenvalue weighted by Crippen LogP contribution is -2.42. The van der Waals surface area contributed by atoms with Gasteiger partial charge in [0.1, 0.15) is 5.78 Å². The second kappa shape index (κ2) is 13.8. The molecule has 3 aliphatic rings. The van der Waals surface area contributed by atoms with Gasteiger partial charge in [-0.1, -0.05) is 81.1 Å². The van der Waals surface area contributed by atoms with Crippen molar-refractivity contribution in [1.82, 2.24) is 4.90 Å². The number of Topliss-reactive ketones (excluding diaryl/α,β-unsaturated/α-hetero) is 1. The van der Waals surface area contributed by atoms with Crippen molar-refractivity contribution >= 4 is 5.78 Å². The Balaban J connectivity index is 0.000000478. The molecule has 0 amide bonds. The van der Waals surface area contributed by atoms with E-state index in [4.69, 9.17) is 0 Å². The first-order chi connectivity index (χ1) is 13.6. The maximum atomic E-state index is 11.8. The molecule has 29 heavy (non-hydrogen) atoms. The molecule has 3 atom stereocenters. The third-order valence-corrected chi connectivity index (χ3v) is 7.17. The molecule has 0 aliphatic heterocycles. The molecule has 0 bridgehead atoms. The van der Waals surface area contributed by atoms with Crippen molar-refractivity contribution in [2.75, 3.05) is 20.6 Å². The molecule has 2 heteroatoms. The number of carbonyl (C=O) groups is 1. The lowest BCUT2D eigenvalue weighted by atomic mass is 9.59. The van der Waals surface area contributed by atoms with Gasteiger partial charge in [-0.2, -0.15) is 0 Å². The monoisotopic (exact) mass is 409 g/mol. The van der Waals surface area contributed by atoms with Crippen LogP contribution < -0.4 is 0 Å². The first kappa shape index (κ1) is 28.6. The molecule has 174 valence electrons. The maximum absolute atomic E-state index is 11.8. The van der Waals surface area contributed by atoms with Gasteiger partial charge in [-0.25, -0.2) is 0 Å². The molecule has 3 aliphatic carbocycles. The van der Waals surface area contributed by atoms with Gasteiger partial charge in [0, 0.05) is 5.92 Å².